The number of carbonyl (C=O) groups excluding carboxylic acids is 1. The van der Waals surface area contributed by atoms with Crippen molar-refractivity contribution >= 4 is 45.6 Å². The van der Waals surface area contributed by atoms with Gasteiger partial charge in [-0.05, 0) is 31.0 Å². The summed E-state index contributed by atoms with van der Waals surface area (Å²) in [5.41, 5.74) is 0.449. The lowest BCUT2D eigenvalue weighted by Gasteiger charge is -2.24. The van der Waals surface area contributed by atoms with Gasteiger partial charge in [-0.25, -0.2) is 4.98 Å². The maximum atomic E-state index is 12.3. The number of rotatable bonds is 4. The Morgan fingerprint density at radius 3 is 3.05 bits per heavy atom. The van der Waals surface area contributed by atoms with Gasteiger partial charge in [-0.1, -0.05) is 23.2 Å². The quantitative estimate of drug-likeness (QED) is 0.905. The van der Waals surface area contributed by atoms with Crippen molar-refractivity contribution in [3.05, 3.63) is 45.4 Å². The fourth-order valence-corrected chi connectivity index (χ4v) is 3.87. The minimum Gasteiger partial charge on any atom is -0.350 e. The number of anilines is 1. The highest BCUT2D eigenvalue weighted by molar-refractivity contribution is 7.13. The van der Waals surface area contributed by atoms with Crippen molar-refractivity contribution in [3.63, 3.8) is 0 Å². The maximum Gasteiger partial charge on any atom is 0.252 e. The second-order valence-electron chi connectivity index (χ2n) is 5.14. The van der Waals surface area contributed by atoms with E-state index in [-0.39, 0.29) is 11.9 Å². The summed E-state index contributed by atoms with van der Waals surface area (Å²) in [4.78, 5) is 18.9. The van der Waals surface area contributed by atoms with Crippen LogP contribution in [0.1, 0.15) is 23.2 Å². The molecule has 2 aromatic rings. The Hall–Kier alpha value is -1.30. The molecule has 0 radical (unpaired) electrons. The summed E-state index contributed by atoms with van der Waals surface area (Å²) >= 11 is 13.5. The number of hydrogen-bond acceptors (Lipinski definition) is 4. The zero-order chi connectivity index (χ0) is 15.5. The molecule has 22 heavy (non-hydrogen) atoms. The molecule has 1 amide bonds. The van der Waals surface area contributed by atoms with E-state index >= 15 is 0 Å². The van der Waals surface area contributed by atoms with Crippen LogP contribution in [0.5, 0.6) is 0 Å². The number of nitrogens with one attached hydrogen (secondary N) is 1. The first-order valence-electron chi connectivity index (χ1n) is 7.04. The van der Waals surface area contributed by atoms with Crippen LogP contribution in [0.15, 0.2) is 29.8 Å². The molecule has 1 atom stereocenters. The van der Waals surface area contributed by atoms with Crippen molar-refractivity contribution in [3.8, 4) is 0 Å². The topological polar surface area (TPSA) is 45.2 Å². The standard InChI is InChI=1S/C15H15Cl2N3OS/c16-10-3-4-12(13(17)8-10)14(21)19-9-11-2-1-6-20(11)15-18-5-7-22-15/h3-5,7-8,11H,1-2,6,9H2,(H,19,21). The Labute approximate surface area is 143 Å². The summed E-state index contributed by atoms with van der Waals surface area (Å²) in [6.45, 7) is 1.56. The number of nitrogens with zero attached hydrogens (tertiary/aromatic N) is 2. The second-order valence-corrected chi connectivity index (χ2v) is 6.85. The first kappa shape index (κ1) is 15.6. The molecule has 1 aliphatic rings. The van der Waals surface area contributed by atoms with Crippen LogP contribution in [-0.2, 0) is 0 Å². The van der Waals surface area contributed by atoms with Crippen molar-refractivity contribution in [1.29, 1.82) is 0 Å². The minimum absolute atomic E-state index is 0.173. The monoisotopic (exact) mass is 355 g/mol. The van der Waals surface area contributed by atoms with Crippen molar-refractivity contribution in [2.45, 2.75) is 18.9 Å². The number of halogens is 2. The molecule has 1 unspecified atom stereocenters. The summed E-state index contributed by atoms with van der Waals surface area (Å²) in [7, 11) is 0. The van der Waals surface area contributed by atoms with Gasteiger partial charge in [-0.3, -0.25) is 4.79 Å². The van der Waals surface area contributed by atoms with Crippen LogP contribution >= 0.6 is 34.5 Å². The van der Waals surface area contributed by atoms with Crippen LogP contribution in [-0.4, -0.2) is 30.0 Å². The zero-order valence-electron chi connectivity index (χ0n) is 11.8. The Morgan fingerprint density at radius 1 is 1.45 bits per heavy atom. The lowest BCUT2D eigenvalue weighted by Crippen LogP contribution is -2.40. The van der Waals surface area contributed by atoms with Gasteiger partial charge >= 0.3 is 0 Å². The fraction of sp³-hybridized carbons (Fsp3) is 0.333. The predicted molar refractivity (Wildman–Crippen MR) is 91.3 cm³/mol. The van der Waals surface area contributed by atoms with Crippen LogP contribution in [0.3, 0.4) is 0 Å². The van der Waals surface area contributed by atoms with Crippen molar-refractivity contribution in [1.82, 2.24) is 10.3 Å². The minimum atomic E-state index is -0.173. The van der Waals surface area contributed by atoms with Gasteiger partial charge in [0, 0.05) is 35.7 Å². The summed E-state index contributed by atoms with van der Waals surface area (Å²) in [5.74, 6) is -0.173. The SMILES string of the molecule is O=C(NCC1CCCN1c1nccs1)c1ccc(Cl)cc1Cl. The molecule has 7 heteroatoms. The molecule has 1 fully saturated rings. The van der Waals surface area contributed by atoms with E-state index in [2.05, 4.69) is 15.2 Å². The molecule has 0 spiro atoms. The van der Waals surface area contributed by atoms with Crippen LogP contribution in [0.2, 0.25) is 10.0 Å². The third kappa shape index (κ3) is 3.37. The Kier molecular flexibility index (Phi) is 4.86. The summed E-state index contributed by atoms with van der Waals surface area (Å²) in [6.07, 6.45) is 3.97. The highest BCUT2D eigenvalue weighted by Gasteiger charge is 2.26. The van der Waals surface area contributed by atoms with Gasteiger partial charge in [-0.15, -0.1) is 11.3 Å². The molecule has 116 valence electrons. The molecule has 1 aromatic heterocycles. The summed E-state index contributed by atoms with van der Waals surface area (Å²) in [5, 5.41) is 6.84. The highest BCUT2D eigenvalue weighted by atomic mass is 35.5. The van der Waals surface area contributed by atoms with E-state index in [1.807, 2.05) is 5.38 Å². The van der Waals surface area contributed by atoms with E-state index in [1.54, 1.807) is 35.7 Å². The first-order valence-corrected chi connectivity index (χ1v) is 8.68. The molecular weight excluding hydrogens is 341 g/mol. The lowest BCUT2D eigenvalue weighted by atomic mass is 10.2. The van der Waals surface area contributed by atoms with Crippen LogP contribution in [0, 0.1) is 0 Å². The normalized spacial score (nSPS) is 17.7. The third-order valence-electron chi connectivity index (χ3n) is 3.72. The van der Waals surface area contributed by atoms with Crippen LogP contribution in [0.4, 0.5) is 5.13 Å². The Balaban J connectivity index is 1.63. The van der Waals surface area contributed by atoms with Crippen LogP contribution in [0.25, 0.3) is 0 Å². The molecule has 0 aliphatic carbocycles. The smallest absolute Gasteiger partial charge is 0.252 e. The Bertz CT molecular complexity index is 663. The van der Waals surface area contributed by atoms with Gasteiger partial charge in [0.2, 0.25) is 0 Å². The molecule has 0 bridgehead atoms. The number of benzene rings is 1. The highest BCUT2D eigenvalue weighted by Crippen LogP contribution is 2.27. The maximum absolute atomic E-state index is 12.3. The van der Waals surface area contributed by atoms with E-state index in [0.29, 0.717) is 22.2 Å². The van der Waals surface area contributed by atoms with E-state index < -0.39 is 0 Å². The van der Waals surface area contributed by atoms with Gasteiger partial charge in [0.25, 0.3) is 5.91 Å². The van der Waals surface area contributed by atoms with Gasteiger partial charge < -0.3 is 10.2 Å². The molecule has 1 N–H and O–H groups in total. The van der Waals surface area contributed by atoms with Crippen molar-refractivity contribution in [2.24, 2.45) is 0 Å². The predicted octanol–water partition coefficient (Wildman–Crippen LogP) is 3.85. The Morgan fingerprint density at radius 2 is 2.32 bits per heavy atom. The molecule has 4 nitrogen and oxygen atoms in total. The van der Waals surface area contributed by atoms with Gasteiger partial charge in [0.05, 0.1) is 10.6 Å². The number of hydrogen-bond donors (Lipinski definition) is 1. The summed E-state index contributed by atoms with van der Waals surface area (Å²) in [6, 6.07) is 5.17. The largest absolute Gasteiger partial charge is 0.350 e. The van der Waals surface area contributed by atoms with Gasteiger partial charge in [0.1, 0.15) is 0 Å². The lowest BCUT2D eigenvalue weighted by molar-refractivity contribution is 0.0951. The van der Waals surface area contributed by atoms with E-state index in [1.165, 1.54) is 0 Å². The third-order valence-corrected chi connectivity index (χ3v) is 5.07. The summed E-state index contributed by atoms with van der Waals surface area (Å²) < 4.78 is 0. The van der Waals surface area contributed by atoms with Crippen molar-refractivity contribution < 1.29 is 4.79 Å². The molecule has 1 aromatic carbocycles. The fourth-order valence-electron chi connectivity index (χ4n) is 2.64. The molecule has 3 rings (SSSR count). The first-order chi connectivity index (χ1) is 10.6. The average Bonchev–Trinajstić information content (AvgIpc) is 3.15. The number of thiazole rings is 1. The second kappa shape index (κ2) is 6.86. The van der Waals surface area contributed by atoms with E-state index in [4.69, 9.17) is 23.2 Å². The van der Waals surface area contributed by atoms with Gasteiger partial charge in [-0.2, -0.15) is 0 Å². The van der Waals surface area contributed by atoms with Crippen molar-refractivity contribution in [2.75, 3.05) is 18.0 Å². The van der Waals surface area contributed by atoms with Crippen LogP contribution < -0.4 is 10.2 Å². The number of carbonyl (C=O) groups is 1. The molecule has 1 aliphatic heterocycles. The van der Waals surface area contributed by atoms with E-state index in [9.17, 15) is 4.79 Å². The molecule has 2 heterocycles. The molecule has 1 saturated heterocycles. The number of aromatic nitrogens is 1. The zero-order valence-corrected chi connectivity index (χ0v) is 14.1. The average molecular weight is 356 g/mol. The molecule has 0 saturated carbocycles. The molecular formula is C15H15Cl2N3OS. The number of amides is 1. The van der Waals surface area contributed by atoms with E-state index in [0.717, 1.165) is 24.5 Å². The van der Waals surface area contributed by atoms with Gasteiger partial charge in [0.15, 0.2) is 5.13 Å².